The van der Waals surface area contributed by atoms with E-state index in [0.29, 0.717) is 0 Å². The zero-order valence-electron chi connectivity index (χ0n) is 6.05. The van der Waals surface area contributed by atoms with Crippen molar-refractivity contribution in [2.75, 3.05) is 0 Å². The molecule has 0 aromatic carbocycles. The first-order valence-electron chi connectivity index (χ1n) is 2.89. The lowest BCUT2D eigenvalue weighted by atomic mass is 10.3. The van der Waals surface area contributed by atoms with Gasteiger partial charge >= 0.3 is 11.8 Å². The van der Waals surface area contributed by atoms with Crippen LogP contribution in [0.5, 0.6) is 0 Å². The summed E-state index contributed by atoms with van der Waals surface area (Å²) in [4.78, 5) is 21.1. The second-order valence-electron chi connectivity index (χ2n) is 1.84. The van der Waals surface area contributed by atoms with Gasteiger partial charge < -0.3 is 5.32 Å². The van der Waals surface area contributed by atoms with E-state index in [-0.39, 0.29) is 0 Å². The van der Waals surface area contributed by atoms with E-state index in [1.807, 2.05) is 0 Å². The maximum atomic E-state index is 10.6. The van der Waals surface area contributed by atoms with Crippen molar-refractivity contribution >= 4 is 11.8 Å². The molecule has 0 aromatic heterocycles. The van der Waals surface area contributed by atoms with E-state index in [2.05, 4.69) is 17.1 Å². The lowest BCUT2D eigenvalue weighted by Gasteiger charge is -2.04. The Morgan fingerprint density at radius 3 is 2.45 bits per heavy atom. The number of rotatable bonds is 1. The van der Waals surface area contributed by atoms with Gasteiger partial charge in [-0.3, -0.25) is 15.0 Å². The van der Waals surface area contributed by atoms with E-state index in [1.165, 1.54) is 0 Å². The standard InChI is InChI=1S/C6H9N3O2/c1-3-4(2)8-5(10)6(11)9-7/h1,4H,7H2,2H3,(H,8,10)(H,9,11). The Bertz CT molecular complexity index is 206. The molecule has 0 aliphatic carbocycles. The minimum atomic E-state index is -0.910. The van der Waals surface area contributed by atoms with Crippen molar-refractivity contribution in [3.05, 3.63) is 0 Å². The van der Waals surface area contributed by atoms with Crippen LogP contribution in [0.25, 0.3) is 0 Å². The molecule has 0 radical (unpaired) electrons. The minimum Gasteiger partial charge on any atom is -0.334 e. The molecule has 2 amide bonds. The number of terminal acetylenes is 1. The Hall–Kier alpha value is -1.54. The SMILES string of the molecule is C#CC(C)NC(=O)C(=O)NN. The molecule has 4 N–H and O–H groups in total. The van der Waals surface area contributed by atoms with Crippen LogP contribution in [0.15, 0.2) is 0 Å². The van der Waals surface area contributed by atoms with Gasteiger partial charge in [0, 0.05) is 0 Å². The first kappa shape index (κ1) is 9.46. The van der Waals surface area contributed by atoms with Crippen molar-refractivity contribution in [2.24, 2.45) is 5.84 Å². The number of hydrogen-bond acceptors (Lipinski definition) is 3. The van der Waals surface area contributed by atoms with Crippen LogP contribution in [-0.2, 0) is 9.59 Å². The van der Waals surface area contributed by atoms with Crippen LogP contribution in [0.1, 0.15) is 6.92 Å². The molecule has 0 rings (SSSR count). The van der Waals surface area contributed by atoms with Gasteiger partial charge in [0.25, 0.3) is 0 Å². The molecular weight excluding hydrogens is 146 g/mol. The molecule has 0 aliphatic heterocycles. The van der Waals surface area contributed by atoms with Crippen LogP contribution < -0.4 is 16.6 Å². The van der Waals surface area contributed by atoms with Crippen molar-refractivity contribution < 1.29 is 9.59 Å². The maximum absolute atomic E-state index is 10.6. The fourth-order valence-electron chi connectivity index (χ4n) is 0.369. The summed E-state index contributed by atoms with van der Waals surface area (Å²) < 4.78 is 0. The molecule has 0 saturated heterocycles. The summed E-state index contributed by atoms with van der Waals surface area (Å²) in [5.41, 5.74) is 1.67. The Labute approximate surface area is 64.3 Å². The largest absolute Gasteiger partial charge is 0.334 e. The van der Waals surface area contributed by atoms with Gasteiger partial charge in [0.2, 0.25) is 0 Å². The van der Waals surface area contributed by atoms with Gasteiger partial charge in [-0.05, 0) is 6.92 Å². The van der Waals surface area contributed by atoms with E-state index < -0.39 is 17.9 Å². The third-order valence-corrected chi connectivity index (χ3v) is 0.935. The lowest BCUT2D eigenvalue weighted by Crippen LogP contribution is -2.45. The molecule has 1 atom stereocenters. The van der Waals surface area contributed by atoms with Crippen LogP contribution in [0, 0.1) is 12.3 Å². The van der Waals surface area contributed by atoms with Crippen LogP contribution in [0.4, 0.5) is 0 Å². The Kier molecular flexibility index (Phi) is 3.70. The zero-order valence-corrected chi connectivity index (χ0v) is 6.05. The van der Waals surface area contributed by atoms with Crippen molar-refractivity contribution in [3.63, 3.8) is 0 Å². The molecule has 60 valence electrons. The van der Waals surface area contributed by atoms with Crippen molar-refractivity contribution in [2.45, 2.75) is 13.0 Å². The average Bonchev–Trinajstić information content (AvgIpc) is 2.02. The normalized spacial score (nSPS) is 11.0. The number of carbonyl (C=O) groups excluding carboxylic acids is 2. The summed E-state index contributed by atoms with van der Waals surface area (Å²) in [6, 6.07) is -0.472. The highest BCUT2D eigenvalue weighted by atomic mass is 16.2. The van der Waals surface area contributed by atoms with Gasteiger partial charge in [-0.15, -0.1) is 6.42 Å². The van der Waals surface area contributed by atoms with E-state index in [1.54, 1.807) is 12.3 Å². The monoisotopic (exact) mass is 155 g/mol. The van der Waals surface area contributed by atoms with Crippen molar-refractivity contribution in [1.82, 2.24) is 10.7 Å². The van der Waals surface area contributed by atoms with Crippen LogP contribution in [-0.4, -0.2) is 17.9 Å². The second-order valence-corrected chi connectivity index (χ2v) is 1.84. The average molecular weight is 155 g/mol. The Balaban J connectivity index is 3.90. The van der Waals surface area contributed by atoms with Gasteiger partial charge in [-0.25, -0.2) is 5.84 Å². The zero-order chi connectivity index (χ0) is 8.85. The number of amides is 2. The lowest BCUT2D eigenvalue weighted by molar-refractivity contribution is -0.139. The van der Waals surface area contributed by atoms with Gasteiger partial charge in [0.1, 0.15) is 0 Å². The van der Waals surface area contributed by atoms with E-state index in [9.17, 15) is 9.59 Å². The Morgan fingerprint density at radius 1 is 1.55 bits per heavy atom. The first-order chi connectivity index (χ1) is 5.11. The summed E-state index contributed by atoms with van der Waals surface area (Å²) in [5, 5.41) is 2.21. The predicted molar refractivity (Wildman–Crippen MR) is 38.8 cm³/mol. The number of carbonyl (C=O) groups is 2. The predicted octanol–water partition coefficient (Wildman–Crippen LogP) is -1.89. The van der Waals surface area contributed by atoms with Crippen molar-refractivity contribution in [1.29, 1.82) is 0 Å². The minimum absolute atomic E-state index is 0.472. The fourth-order valence-corrected chi connectivity index (χ4v) is 0.369. The van der Waals surface area contributed by atoms with E-state index in [0.717, 1.165) is 0 Å². The third-order valence-electron chi connectivity index (χ3n) is 0.935. The fraction of sp³-hybridized carbons (Fsp3) is 0.333. The van der Waals surface area contributed by atoms with Gasteiger partial charge in [-0.1, -0.05) is 5.92 Å². The van der Waals surface area contributed by atoms with Gasteiger partial charge in [0.15, 0.2) is 0 Å². The highest BCUT2D eigenvalue weighted by Crippen LogP contribution is 1.76. The van der Waals surface area contributed by atoms with Crippen LogP contribution in [0.3, 0.4) is 0 Å². The summed E-state index contributed by atoms with van der Waals surface area (Å²) >= 11 is 0. The third kappa shape index (κ3) is 3.23. The molecule has 1 unspecified atom stereocenters. The molecule has 5 nitrogen and oxygen atoms in total. The Morgan fingerprint density at radius 2 is 2.09 bits per heavy atom. The second kappa shape index (κ2) is 4.30. The quantitative estimate of drug-likeness (QED) is 0.136. The molecule has 0 fully saturated rings. The van der Waals surface area contributed by atoms with E-state index >= 15 is 0 Å². The number of nitrogens with two attached hydrogens (primary N) is 1. The molecule has 0 aromatic rings. The molecular formula is C6H9N3O2. The van der Waals surface area contributed by atoms with E-state index in [4.69, 9.17) is 6.42 Å². The number of hydrogen-bond donors (Lipinski definition) is 3. The molecule has 0 heterocycles. The number of hydrazine groups is 1. The first-order valence-corrected chi connectivity index (χ1v) is 2.89. The summed E-state index contributed by atoms with van der Waals surface area (Å²) in [6.45, 7) is 1.57. The van der Waals surface area contributed by atoms with Gasteiger partial charge in [0.05, 0.1) is 6.04 Å². The van der Waals surface area contributed by atoms with Crippen molar-refractivity contribution in [3.8, 4) is 12.3 Å². The highest BCUT2D eigenvalue weighted by Gasteiger charge is 2.12. The number of nitrogens with one attached hydrogen (secondary N) is 2. The molecule has 11 heavy (non-hydrogen) atoms. The van der Waals surface area contributed by atoms with Gasteiger partial charge in [-0.2, -0.15) is 0 Å². The smallest absolute Gasteiger partial charge is 0.323 e. The summed E-state index contributed by atoms with van der Waals surface area (Å²) in [6.07, 6.45) is 4.93. The van der Waals surface area contributed by atoms with Crippen LogP contribution >= 0.6 is 0 Å². The molecule has 0 aliphatic rings. The molecule has 0 spiro atoms. The summed E-state index contributed by atoms with van der Waals surface area (Å²) in [7, 11) is 0. The maximum Gasteiger partial charge on any atom is 0.323 e. The highest BCUT2D eigenvalue weighted by molar-refractivity contribution is 6.35. The summed E-state index contributed by atoms with van der Waals surface area (Å²) in [5.74, 6) is 5.15. The molecule has 0 bridgehead atoms. The topological polar surface area (TPSA) is 84.2 Å². The molecule has 5 heteroatoms. The van der Waals surface area contributed by atoms with Crippen LogP contribution in [0.2, 0.25) is 0 Å². The molecule has 0 saturated carbocycles.